The topological polar surface area (TPSA) is 50.7 Å². The van der Waals surface area contributed by atoms with Crippen molar-refractivity contribution in [3.63, 3.8) is 0 Å². The average molecular weight is 324 g/mol. The van der Waals surface area contributed by atoms with Gasteiger partial charge in [0.2, 0.25) is 0 Å². The zero-order chi connectivity index (χ0) is 17.6. The number of benzene rings is 2. The van der Waals surface area contributed by atoms with Crippen LogP contribution in [0.4, 0.5) is 0 Å². The molecular weight excluding hydrogens is 300 g/mol. The van der Waals surface area contributed by atoms with E-state index in [1.165, 1.54) is 5.56 Å². The molecule has 0 aliphatic carbocycles. The Bertz CT molecular complexity index is 713. The lowest BCUT2D eigenvalue weighted by molar-refractivity contribution is -0.123. The van der Waals surface area contributed by atoms with Gasteiger partial charge in [-0.2, -0.15) is 5.10 Å². The van der Waals surface area contributed by atoms with Crippen LogP contribution in [0.2, 0.25) is 0 Å². The molecule has 1 amide bonds. The highest BCUT2D eigenvalue weighted by Gasteiger charge is 2.12. The summed E-state index contributed by atoms with van der Waals surface area (Å²) in [6, 6.07) is 15.7. The first-order valence-electron chi connectivity index (χ1n) is 7.97. The number of ether oxygens (including phenoxy) is 1. The van der Waals surface area contributed by atoms with Crippen molar-refractivity contribution >= 4 is 12.1 Å². The van der Waals surface area contributed by atoms with Crippen molar-refractivity contribution in [2.24, 2.45) is 5.10 Å². The minimum atomic E-state index is -0.291. The van der Waals surface area contributed by atoms with Crippen molar-refractivity contribution in [3.05, 3.63) is 65.2 Å². The maximum Gasteiger partial charge on any atom is 0.277 e. The summed E-state index contributed by atoms with van der Waals surface area (Å²) in [6.45, 7) is 8.39. The highest BCUT2D eigenvalue weighted by atomic mass is 16.5. The second-order valence-electron chi connectivity index (χ2n) is 6.72. The van der Waals surface area contributed by atoms with E-state index in [2.05, 4.69) is 43.4 Å². The van der Waals surface area contributed by atoms with Gasteiger partial charge in [-0.3, -0.25) is 4.79 Å². The standard InChI is InChI=1S/C20H24N2O2/c1-15-7-5-6-8-18(15)24-14-19(23)22-21-13-16-9-11-17(12-10-16)20(2,3)4/h5-13H,14H2,1-4H3,(H,22,23)/b21-13-. The Morgan fingerprint density at radius 3 is 2.42 bits per heavy atom. The third-order valence-corrected chi connectivity index (χ3v) is 3.63. The van der Waals surface area contributed by atoms with Crippen LogP contribution in [0.1, 0.15) is 37.5 Å². The Kier molecular flexibility index (Phi) is 5.74. The van der Waals surface area contributed by atoms with Gasteiger partial charge in [0.1, 0.15) is 5.75 Å². The largest absolute Gasteiger partial charge is 0.483 e. The van der Waals surface area contributed by atoms with Gasteiger partial charge in [0.25, 0.3) is 5.91 Å². The van der Waals surface area contributed by atoms with E-state index in [1.54, 1.807) is 6.21 Å². The number of carbonyl (C=O) groups is 1. The van der Waals surface area contributed by atoms with Gasteiger partial charge in [0, 0.05) is 0 Å². The van der Waals surface area contributed by atoms with Gasteiger partial charge < -0.3 is 4.74 Å². The Morgan fingerprint density at radius 2 is 1.79 bits per heavy atom. The number of rotatable bonds is 5. The zero-order valence-electron chi connectivity index (χ0n) is 14.7. The third-order valence-electron chi connectivity index (χ3n) is 3.63. The number of aryl methyl sites for hydroxylation is 1. The fourth-order valence-corrected chi connectivity index (χ4v) is 2.14. The van der Waals surface area contributed by atoms with Gasteiger partial charge >= 0.3 is 0 Å². The van der Waals surface area contributed by atoms with Crippen molar-refractivity contribution in [2.45, 2.75) is 33.1 Å². The Balaban J connectivity index is 1.83. The number of hydrazone groups is 1. The maximum absolute atomic E-state index is 11.8. The second kappa shape index (κ2) is 7.77. The molecule has 0 aliphatic rings. The summed E-state index contributed by atoms with van der Waals surface area (Å²) in [5, 5.41) is 3.96. The smallest absolute Gasteiger partial charge is 0.277 e. The molecule has 0 atom stereocenters. The lowest BCUT2D eigenvalue weighted by atomic mass is 9.87. The number of para-hydroxylation sites is 1. The molecule has 4 heteroatoms. The fraction of sp³-hybridized carbons (Fsp3) is 0.300. The average Bonchev–Trinajstić information content (AvgIpc) is 2.54. The van der Waals surface area contributed by atoms with E-state index < -0.39 is 0 Å². The van der Waals surface area contributed by atoms with Gasteiger partial charge in [0.05, 0.1) is 6.21 Å². The van der Waals surface area contributed by atoms with Crippen molar-refractivity contribution in [1.82, 2.24) is 5.43 Å². The summed E-state index contributed by atoms with van der Waals surface area (Å²) in [7, 11) is 0. The molecule has 4 nitrogen and oxygen atoms in total. The molecule has 2 aromatic rings. The number of nitrogens with zero attached hydrogens (tertiary/aromatic N) is 1. The molecule has 126 valence electrons. The zero-order valence-corrected chi connectivity index (χ0v) is 14.7. The molecule has 0 aliphatic heterocycles. The minimum absolute atomic E-state index is 0.0643. The predicted molar refractivity (Wildman–Crippen MR) is 97.6 cm³/mol. The van der Waals surface area contributed by atoms with E-state index in [4.69, 9.17) is 4.74 Å². The first-order valence-corrected chi connectivity index (χ1v) is 7.97. The van der Waals surface area contributed by atoms with E-state index in [0.29, 0.717) is 5.75 Å². The summed E-state index contributed by atoms with van der Waals surface area (Å²) in [5.41, 5.74) is 5.78. The Hall–Kier alpha value is -2.62. The number of hydrogen-bond donors (Lipinski definition) is 1. The van der Waals surface area contributed by atoms with Crippen LogP contribution in [-0.4, -0.2) is 18.7 Å². The Morgan fingerprint density at radius 1 is 1.12 bits per heavy atom. The molecule has 2 aromatic carbocycles. The van der Waals surface area contributed by atoms with E-state index in [-0.39, 0.29) is 17.9 Å². The monoisotopic (exact) mass is 324 g/mol. The van der Waals surface area contributed by atoms with Crippen LogP contribution in [0.15, 0.2) is 53.6 Å². The SMILES string of the molecule is Cc1ccccc1OCC(=O)N/N=C\c1ccc(C(C)(C)C)cc1. The van der Waals surface area contributed by atoms with Crippen molar-refractivity contribution in [2.75, 3.05) is 6.61 Å². The van der Waals surface area contributed by atoms with Crippen LogP contribution < -0.4 is 10.2 Å². The first kappa shape index (κ1) is 17.7. The van der Waals surface area contributed by atoms with E-state index in [0.717, 1.165) is 11.1 Å². The van der Waals surface area contributed by atoms with Crippen molar-refractivity contribution < 1.29 is 9.53 Å². The summed E-state index contributed by atoms with van der Waals surface area (Å²) in [4.78, 5) is 11.8. The third kappa shape index (κ3) is 5.23. The lowest BCUT2D eigenvalue weighted by Crippen LogP contribution is -2.24. The maximum atomic E-state index is 11.8. The first-order chi connectivity index (χ1) is 11.4. The normalized spacial score (nSPS) is 11.5. The molecule has 0 heterocycles. The van der Waals surface area contributed by atoms with Crippen molar-refractivity contribution in [3.8, 4) is 5.75 Å². The summed E-state index contributed by atoms with van der Waals surface area (Å²) < 4.78 is 5.47. The van der Waals surface area contributed by atoms with Gasteiger partial charge in [0.15, 0.2) is 6.61 Å². The molecule has 0 fully saturated rings. The van der Waals surface area contributed by atoms with Crippen LogP contribution >= 0.6 is 0 Å². The summed E-state index contributed by atoms with van der Waals surface area (Å²) in [5.74, 6) is 0.412. The number of carbonyl (C=O) groups excluding carboxylic acids is 1. The summed E-state index contributed by atoms with van der Waals surface area (Å²) in [6.07, 6.45) is 1.62. The van der Waals surface area contributed by atoms with Crippen LogP contribution in [0.5, 0.6) is 5.75 Å². The van der Waals surface area contributed by atoms with Gasteiger partial charge in [-0.25, -0.2) is 5.43 Å². The van der Waals surface area contributed by atoms with Gasteiger partial charge in [-0.15, -0.1) is 0 Å². The number of nitrogens with one attached hydrogen (secondary N) is 1. The highest BCUT2D eigenvalue weighted by molar-refractivity contribution is 5.83. The lowest BCUT2D eigenvalue weighted by Gasteiger charge is -2.18. The minimum Gasteiger partial charge on any atom is -0.483 e. The molecule has 0 bridgehead atoms. The van der Waals surface area contributed by atoms with E-state index in [9.17, 15) is 4.79 Å². The molecular formula is C20H24N2O2. The summed E-state index contributed by atoms with van der Waals surface area (Å²) >= 11 is 0. The van der Waals surface area contributed by atoms with Gasteiger partial charge in [-0.05, 0) is 35.1 Å². The molecule has 0 saturated carbocycles. The number of hydrogen-bond acceptors (Lipinski definition) is 3. The van der Waals surface area contributed by atoms with Crippen LogP contribution in [-0.2, 0) is 10.2 Å². The van der Waals surface area contributed by atoms with E-state index >= 15 is 0 Å². The van der Waals surface area contributed by atoms with Crippen LogP contribution in [0.3, 0.4) is 0 Å². The second-order valence-corrected chi connectivity index (χ2v) is 6.72. The highest BCUT2D eigenvalue weighted by Crippen LogP contribution is 2.21. The molecule has 0 saturated heterocycles. The predicted octanol–water partition coefficient (Wildman–Crippen LogP) is 3.82. The van der Waals surface area contributed by atoms with Gasteiger partial charge in [-0.1, -0.05) is 63.2 Å². The van der Waals surface area contributed by atoms with Crippen molar-refractivity contribution in [1.29, 1.82) is 0 Å². The Labute approximate surface area is 143 Å². The molecule has 0 aromatic heterocycles. The molecule has 0 radical (unpaired) electrons. The fourth-order valence-electron chi connectivity index (χ4n) is 2.14. The van der Waals surface area contributed by atoms with E-state index in [1.807, 2.05) is 43.3 Å². The van der Waals surface area contributed by atoms with Crippen LogP contribution in [0.25, 0.3) is 0 Å². The number of amides is 1. The molecule has 24 heavy (non-hydrogen) atoms. The molecule has 2 rings (SSSR count). The molecule has 0 spiro atoms. The quantitative estimate of drug-likeness (QED) is 0.671. The molecule has 0 unspecified atom stereocenters. The molecule has 1 N–H and O–H groups in total. The van der Waals surface area contributed by atoms with Crippen LogP contribution in [0, 0.1) is 6.92 Å².